The van der Waals surface area contributed by atoms with Crippen LogP contribution in [0.2, 0.25) is 0 Å². The minimum absolute atomic E-state index is 0.330. The van der Waals surface area contributed by atoms with Crippen LogP contribution in [-0.4, -0.2) is 29.9 Å². The lowest BCUT2D eigenvalue weighted by atomic mass is 10.3. The van der Waals surface area contributed by atoms with Gasteiger partial charge in [-0.1, -0.05) is 18.2 Å². The average Bonchev–Trinajstić information content (AvgIpc) is 2.26. The van der Waals surface area contributed by atoms with Gasteiger partial charge in [0, 0.05) is 0 Å². The molecular weight excluding hydrogens is 184 g/mol. The molecule has 74 valence electrons. The third-order valence-corrected chi connectivity index (χ3v) is 1.57. The Hall–Kier alpha value is -1.68. The van der Waals surface area contributed by atoms with Crippen LogP contribution < -0.4 is 4.74 Å². The van der Waals surface area contributed by atoms with E-state index in [9.17, 15) is 9.59 Å². The molecule has 0 aliphatic rings. The Balaban J connectivity index is 2.42. The van der Waals surface area contributed by atoms with Crippen LogP contribution in [0.5, 0.6) is 5.75 Å². The highest BCUT2D eigenvalue weighted by Gasteiger charge is 2.12. The van der Waals surface area contributed by atoms with Crippen LogP contribution in [-0.2, 0) is 9.59 Å². The highest BCUT2D eigenvalue weighted by Crippen LogP contribution is 2.07. The standard InChI is InChI=1S/C10H10O4/c11-6-9(12)10(13)7-14-8-4-2-1-3-5-8/h1-5,11H,6-7H2. The van der Waals surface area contributed by atoms with Gasteiger partial charge in [0.15, 0.2) is 6.61 Å². The first kappa shape index (κ1) is 10.4. The number of ether oxygens (including phenoxy) is 1. The Morgan fingerprint density at radius 2 is 1.79 bits per heavy atom. The van der Waals surface area contributed by atoms with Gasteiger partial charge in [0.1, 0.15) is 12.4 Å². The van der Waals surface area contributed by atoms with Crippen molar-refractivity contribution in [3.63, 3.8) is 0 Å². The molecule has 0 heterocycles. The van der Waals surface area contributed by atoms with E-state index in [2.05, 4.69) is 0 Å². The highest BCUT2D eigenvalue weighted by atomic mass is 16.5. The van der Waals surface area contributed by atoms with E-state index < -0.39 is 18.2 Å². The summed E-state index contributed by atoms with van der Waals surface area (Å²) in [5.74, 6) is -1.04. The van der Waals surface area contributed by atoms with Crippen molar-refractivity contribution in [1.82, 2.24) is 0 Å². The number of hydrogen-bond acceptors (Lipinski definition) is 4. The lowest BCUT2D eigenvalue weighted by Crippen LogP contribution is -2.24. The Bertz CT molecular complexity index is 318. The first-order valence-corrected chi connectivity index (χ1v) is 4.09. The second-order valence-electron chi connectivity index (χ2n) is 2.61. The molecule has 0 saturated heterocycles. The van der Waals surface area contributed by atoms with Gasteiger partial charge < -0.3 is 9.84 Å². The van der Waals surface area contributed by atoms with Gasteiger partial charge in [-0.2, -0.15) is 0 Å². The Kier molecular flexibility index (Phi) is 3.82. The van der Waals surface area contributed by atoms with Gasteiger partial charge in [0.25, 0.3) is 0 Å². The average molecular weight is 194 g/mol. The quantitative estimate of drug-likeness (QED) is 0.680. The molecule has 0 amide bonds. The molecule has 1 aromatic rings. The van der Waals surface area contributed by atoms with Crippen LogP contribution in [0.15, 0.2) is 30.3 Å². The first-order valence-electron chi connectivity index (χ1n) is 4.09. The number of rotatable bonds is 5. The van der Waals surface area contributed by atoms with E-state index in [-0.39, 0.29) is 6.61 Å². The van der Waals surface area contributed by atoms with Crippen molar-refractivity contribution in [1.29, 1.82) is 0 Å². The zero-order valence-corrected chi connectivity index (χ0v) is 7.47. The molecule has 0 aliphatic heterocycles. The second kappa shape index (κ2) is 5.14. The number of para-hydroxylation sites is 1. The van der Waals surface area contributed by atoms with Crippen LogP contribution >= 0.6 is 0 Å². The summed E-state index contributed by atoms with van der Waals surface area (Å²) in [4.78, 5) is 21.6. The predicted molar refractivity (Wildman–Crippen MR) is 49.0 cm³/mol. The zero-order valence-electron chi connectivity index (χ0n) is 7.47. The number of carbonyl (C=O) groups is 2. The van der Waals surface area contributed by atoms with Crippen molar-refractivity contribution in [2.75, 3.05) is 13.2 Å². The third kappa shape index (κ3) is 2.99. The highest BCUT2D eigenvalue weighted by molar-refractivity contribution is 6.38. The summed E-state index contributed by atoms with van der Waals surface area (Å²) in [6.45, 7) is -1.10. The summed E-state index contributed by atoms with van der Waals surface area (Å²) in [6.07, 6.45) is 0. The maximum atomic E-state index is 10.9. The molecule has 0 bridgehead atoms. The molecule has 0 aliphatic carbocycles. The maximum absolute atomic E-state index is 10.9. The molecule has 4 nitrogen and oxygen atoms in total. The fourth-order valence-electron chi connectivity index (χ4n) is 0.834. The summed E-state index contributed by atoms with van der Waals surface area (Å²) < 4.78 is 5.01. The fourth-order valence-corrected chi connectivity index (χ4v) is 0.834. The molecule has 1 aromatic carbocycles. The van der Waals surface area contributed by atoms with E-state index in [1.54, 1.807) is 24.3 Å². The topological polar surface area (TPSA) is 63.6 Å². The Morgan fingerprint density at radius 3 is 2.36 bits per heavy atom. The van der Waals surface area contributed by atoms with E-state index in [1.807, 2.05) is 6.07 Å². The number of carbonyl (C=O) groups excluding carboxylic acids is 2. The van der Waals surface area contributed by atoms with E-state index in [1.165, 1.54) is 0 Å². The maximum Gasteiger partial charge on any atom is 0.238 e. The van der Waals surface area contributed by atoms with Crippen molar-refractivity contribution in [2.45, 2.75) is 0 Å². The molecule has 0 saturated carbocycles. The first-order chi connectivity index (χ1) is 6.74. The minimum atomic E-state index is -0.832. The molecule has 0 aromatic heterocycles. The fraction of sp³-hybridized carbons (Fsp3) is 0.200. The van der Waals surface area contributed by atoms with Crippen molar-refractivity contribution < 1.29 is 19.4 Å². The lowest BCUT2D eigenvalue weighted by molar-refractivity contribution is -0.139. The number of Topliss-reactive ketones (excluding diaryl/α,β-unsaturated/α-hetero) is 2. The Labute approximate surface area is 81.1 Å². The molecular formula is C10H10O4. The van der Waals surface area contributed by atoms with Crippen LogP contribution in [0, 0.1) is 0 Å². The second-order valence-corrected chi connectivity index (χ2v) is 2.61. The zero-order chi connectivity index (χ0) is 10.4. The summed E-state index contributed by atoms with van der Waals surface area (Å²) >= 11 is 0. The van der Waals surface area contributed by atoms with Crippen molar-refractivity contribution >= 4 is 11.6 Å². The number of hydrogen-bond donors (Lipinski definition) is 1. The number of benzene rings is 1. The van der Waals surface area contributed by atoms with Crippen molar-refractivity contribution in [3.05, 3.63) is 30.3 Å². The van der Waals surface area contributed by atoms with Gasteiger partial charge in [-0.15, -0.1) is 0 Å². The number of aliphatic hydroxyl groups is 1. The van der Waals surface area contributed by atoms with Crippen LogP contribution in [0.3, 0.4) is 0 Å². The number of ketones is 2. The molecule has 0 fully saturated rings. The third-order valence-electron chi connectivity index (χ3n) is 1.57. The van der Waals surface area contributed by atoms with Gasteiger partial charge in [0.2, 0.25) is 11.6 Å². The molecule has 14 heavy (non-hydrogen) atoms. The Morgan fingerprint density at radius 1 is 1.14 bits per heavy atom. The minimum Gasteiger partial charge on any atom is -0.485 e. The SMILES string of the molecule is O=C(CO)C(=O)COc1ccccc1. The van der Waals surface area contributed by atoms with Gasteiger partial charge >= 0.3 is 0 Å². The lowest BCUT2D eigenvalue weighted by Gasteiger charge is -2.02. The predicted octanol–water partition coefficient (Wildman–Crippen LogP) is 0.196. The van der Waals surface area contributed by atoms with Crippen LogP contribution in [0.25, 0.3) is 0 Å². The molecule has 0 unspecified atom stereocenters. The van der Waals surface area contributed by atoms with Crippen molar-refractivity contribution in [2.24, 2.45) is 0 Å². The summed E-state index contributed by atoms with van der Waals surface area (Å²) in [7, 11) is 0. The summed E-state index contributed by atoms with van der Waals surface area (Å²) in [5.41, 5.74) is 0. The van der Waals surface area contributed by atoms with Crippen molar-refractivity contribution in [3.8, 4) is 5.75 Å². The van der Waals surface area contributed by atoms with Crippen LogP contribution in [0.1, 0.15) is 0 Å². The number of aliphatic hydroxyl groups excluding tert-OH is 1. The van der Waals surface area contributed by atoms with E-state index in [0.717, 1.165) is 0 Å². The molecule has 1 rings (SSSR count). The summed E-state index contributed by atoms with van der Waals surface area (Å²) in [5, 5.41) is 8.38. The molecule has 0 radical (unpaired) electrons. The monoisotopic (exact) mass is 194 g/mol. The summed E-state index contributed by atoms with van der Waals surface area (Å²) in [6, 6.07) is 8.68. The molecule has 0 atom stereocenters. The van der Waals surface area contributed by atoms with E-state index >= 15 is 0 Å². The smallest absolute Gasteiger partial charge is 0.238 e. The van der Waals surface area contributed by atoms with E-state index in [0.29, 0.717) is 5.75 Å². The largest absolute Gasteiger partial charge is 0.485 e. The van der Waals surface area contributed by atoms with Gasteiger partial charge in [0.05, 0.1) is 0 Å². The molecule has 0 spiro atoms. The molecule has 1 N–H and O–H groups in total. The van der Waals surface area contributed by atoms with Gasteiger partial charge in [-0.25, -0.2) is 0 Å². The van der Waals surface area contributed by atoms with E-state index in [4.69, 9.17) is 9.84 Å². The van der Waals surface area contributed by atoms with Gasteiger partial charge in [-0.3, -0.25) is 9.59 Å². The normalized spacial score (nSPS) is 9.50. The van der Waals surface area contributed by atoms with Gasteiger partial charge in [-0.05, 0) is 12.1 Å². The van der Waals surface area contributed by atoms with Crippen LogP contribution in [0.4, 0.5) is 0 Å². The molecule has 4 heteroatoms.